The molecule has 1 amide bonds. The zero-order valence-electron chi connectivity index (χ0n) is 11.6. The Bertz CT molecular complexity index is 427. The molecule has 0 bridgehead atoms. The van der Waals surface area contributed by atoms with E-state index in [1.165, 1.54) is 0 Å². The van der Waals surface area contributed by atoms with Crippen LogP contribution in [0.1, 0.15) is 34.6 Å². The summed E-state index contributed by atoms with van der Waals surface area (Å²) < 4.78 is 5.34. The molecule has 0 heterocycles. The van der Waals surface area contributed by atoms with Crippen LogP contribution in [0.3, 0.4) is 0 Å². The molecule has 0 aromatic carbocycles. The fourth-order valence-corrected chi connectivity index (χ4v) is 1.92. The van der Waals surface area contributed by atoms with Crippen molar-refractivity contribution in [2.45, 2.75) is 40.2 Å². The molecular weight excluding hydrogens is 230 g/mol. The van der Waals surface area contributed by atoms with Gasteiger partial charge in [0.15, 0.2) is 0 Å². The second kappa shape index (κ2) is 4.96. The SMILES string of the molecule is CC1C(C(N)=O)=CC=C(C(=O)OC(C)(C)C)C1C. The quantitative estimate of drug-likeness (QED) is 0.763. The molecule has 4 nitrogen and oxygen atoms in total. The number of hydrogen-bond donors (Lipinski definition) is 1. The minimum Gasteiger partial charge on any atom is -0.457 e. The van der Waals surface area contributed by atoms with E-state index in [0.717, 1.165) is 0 Å². The molecule has 2 unspecified atom stereocenters. The summed E-state index contributed by atoms with van der Waals surface area (Å²) in [5, 5.41) is 0. The lowest BCUT2D eigenvalue weighted by atomic mass is 9.79. The normalized spacial score (nSPS) is 24.1. The molecule has 1 rings (SSSR count). The van der Waals surface area contributed by atoms with Crippen molar-refractivity contribution in [3.63, 3.8) is 0 Å². The third-order valence-electron chi connectivity index (χ3n) is 3.09. The molecule has 100 valence electrons. The fraction of sp³-hybridized carbons (Fsp3) is 0.571. The smallest absolute Gasteiger partial charge is 0.334 e. The van der Waals surface area contributed by atoms with Gasteiger partial charge in [-0.1, -0.05) is 26.0 Å². The van der Waals surface area contributed by atoms with Crippen molar-refractivity contribution in [1.29, 1.82) is 0 Å². The maximum absolute atomic E-state index is 12.0. The maximum Gasteiger partial charge on any atom is 0.334 e. The lowest BCUT2D eigenvalue weighted by Gasteiger charge is -2.28. The number of ether oxygens (including phenoxy) is 1. The number of rotatable bonds is 2. The summed E-state index contributed by atoms with van der Waals surface area (Å²) in [4.78, 5) is 23.2. The molecule has 0 fully saturated rings. The van der Waals surface area contributed by atoms with Gasteiger partial charge in [0.25, 0.3) is 0 Å². The number of hydrogen-bond acceptors (Lipinski definition) is 3. The number of amides is 1. The fourth-order valence-electron chi connectivity index (χ4n) is 1.92. The van der Waals surface area contributed by atoms with Crippen LogP contribution in [0, 0.1) is 11.8 Å². The Kier molecular flexibility index (Phi) is 3.99. The molecule has 0 aliphatic heterocycles. The predicted molar refractivity (Wildman–Crippen MR) is 69.5 cm³/mol. The molecule has 4 heteroatoms. The van der Waals surface area contributed by atoms with Gasteiger partial charge in [-0.2, -0.15) is 0 Å². The van der Waals surface area contributed by atoms with Crippen LogP contribution in [0.2, 0.25) is 0 Å². The highest BCUT2D eigenvalue weighted by Gasteiger charge is 2.31. The van der Waals surface area contributed by atoms with E-state index in [2.05, 4.69) is 0 Å². The summed E-state index contributed by atoms with van der Waals surface area (Å²) >= 11 is 0. The van der Waals surface area contributed by atoms with Crippen molar-refractivity contribution in [2.75, 3.05) is 0 Å². The maximum atomic E-state index is 12.0. The van der Waals surface area contributed by atoms with Crippen molar-refractivity contribution in [3.8, 4) is 0 Å². The highest BCUT2D eigenvalue weighted by atomic mass is 16.6. The van der Waals surface area contributed by atoms with Crippen LogP contribution in [0.15, 0.2) is 23.3 Å². The summed E-state index contributed by atoms with van der Waals surface area (Å²) in [6.45, 7) is 9.27. The third kappa shape index (κ3) is 3.22. The predicted octanol–water partition coefficient (Wildman–Crippen LogP) is 1.95. The van der Waals surface area contributed by atoms with E-state index in [1.807, 2.05) is 34.6 Å². The van der Waals surface area contributed by atoms with Crippen LogP contribution in [-0.4, -0.2) is 17.5 Å². The standard InChI is InChI=1S/C14H21NO3/c1-8-9(2)11(7-6-10(8)12(15)16)13(17)18-14(3,4)5/h6-9H,1-5H3,(H2,15,16). The van der Waals surface area contributed by atoms with E-state index >= 15 is 0 Å². The third-order valence-corrected chi connectivity index (χ3v) is 3.09. The highest BCUT2D eigenvalue weighted by molar-refractivity contribution is 5.96. The Hall–Kier alpha value is -1.58. The van der Waals surface area contributed by atoms with E-state index < -0.39 is 11.5 Å². The summed E-state index contributed by atoms with van der Waals surface area (Å²) in [5.74, 6) is -0.919. The molecule has 1 aliphatic carbocycles. The number of nitrogens with two attached hydrogens (primary N) is 1. The van der Waals surface area contributed by atoms with Gasteiger partial charge in [0.1, 0.15) is 5.60 Å². The first kappa shape index (κ1) is 14.5. The topological polar surface area (TPSA) is 69.4 Å². The average molecular weight is 251 g/mol. The lowest BCUT2D eigenvalue weighted by molar-refractivity contribution is -0.150. The van der Waals surface area contributed by atoms with Gasteiger partial charge >= 0.3 is 5.97 Å². The molecule has 2 atom stereocenters. The van der Waals surface area contributed by atoms with E-state index in [0.29, 0.717) is 11.1 Å². The molecule has 0 aromatic rings. The lowest BCUT2D eigenvalue weighted by Crippen LogP contribution is -2.31. The molecule has 18 heavy (non-hydrogen) atoms. The van der Waals surface area contributed by atoms with Crippen LogP contribution in [-0.2, 0) is 14.3 Å². The van der Waals surface area contributed by atoms with Crippen molar-refractivity contribution >= 4 is 11.9 Å². The van der Waals surface area contributed by atoms with Crippen molar-refractivity contribution in [2.24, 2.45) is 17.6 Å². The van der Waals surface area contributed by atoms with Crippen LogP contribution in [0.5, 0.6) is 0 Å². The van der Waals surface area contributed by atoms with Gasteiger partial charge in [-0.05, 0) is 32.6 Å². The second-order valence-corrected chi connectivity index (χ2v) is 5.69. The van der Waals surface area contributed by atoms with E-state index in [1.54, 1.807) is 12.2 Å². The summed E-state index contributed by atoms with van der Waals surface area (Å²) in [5.41, 5.74) is 5.91. The molecular formula is C14H21NO3. The van der Waals surface area contributed by atoms with E-state index in [-0.39, 0.29) is 17.8 Å². The van der Waals surface area contributed by atoms with Gasteiger partial charge in [0.2, 0.25) is 5.91 Å². The summed E-state index contributed by atoms with van der Waals surface area (Å²) in [6, 6.07) is 0. The van der Waals surface area contributed by atoms with Crippen LogP contribution in [0.25, 0.3) is 0 Å². The van der Waals surface area contributed by atoms with Crippen molar-refractivity contribution in [1.82, 2.24) is 0 Å². The molecule has 0 aromatic heterocycles. The van der Waals surface area contributed by atoms with Crippen molar-refractivity contribution < 1.29 is 14.3 Å². The molecule has 0 spiro atoms. The highest BCUT2D eigenvalue weighted by Crippen LogP contribution is 2.32. The molecule has 0 saturated heterocycles. The van der Waals surface area contributed by atoms with Gasteiger partial charge in [-0.15, -0.1) is 0 Å². The Balaban J connectivity index is 2.98. The monoisotopic (exact) mass is 251 g/mol. The van der Waals surface area contributed by atoms with Gasteiger partial charge < -0.3 is 10.5 Å². The van der Waals surface area contributed by atoms with E-state index in [9.17, 15) is 9.59 Å². The number of carbonyl (C=O) groups excluding carboxylic acids is 2. The summed E-state index contributed by atoms with van der Waals surface area (Å²) in [6.07, 6.45) is 3.26. The van der Waals surface area contributed by atoms with Gasteiger partial charge in [0, 0.05) is 11.1 Å². The zero-order chi connectivity index (χ0) is 14.1. The number of primary amides is 1. The van der Waals surface area contributed by atoms with E-state index in [4.69, 9.17) is 10.5 Å². The van der Waals surface area contributed by atoms with Crippen LogP contribution in [0.4, 0.5) is 0 Å². The number of esters is 1. The van der Waals surface area contributed by atoms with Gasteiger partial charge in [0.05, 0.1) is 0 Å². The zero-order valence-corrected chi connectivity index (χ0v) is 11.6. The average Bonchev–Trinajstić information content (AvgIpc) is 2.18. The van der Waals surface area contributed by atoms with Crippen LogP contribution < -0.4 is 5.73 Å². The van der Waals surface area contributed by atoms with Gasteiger partial charge in [-0.3, -0.25) is 4.79 Å². The van der Waals surface area contributed by atoms with Gasteiger partial charge in [-0.25, -0.2) is 4.79 Å². The first-order valence-corrected chi connectivity index (χ1v) is 6.08. The first-order valence-electron chi connectivity index (χ1n) is 6.08. The summed E-state index contributed by atoms with van der Waals surface area (Å²) in [7, 11) is 0. The van der Waals surface area contributed by atoms with Crippen LogP contribution >= 0.6 is 0 Å². The minimum absolute atomic E-state index is 0.0741. The number of carbonyl (C=O) groups is 2. The largest absolute Gasteiger partial charge is 0.457 e. The molecule has 0 radical (unpaired) electrons. The molecule has 1 aliphatic rings. The first-order chi connectivity index (χ1) is 8.13. The molecule has 0 saturated carbocycles. The Morgan fingerprint density at radius 3 is 2.00 bits per heavy atom. The number of allylic oxidation sites excluding steroid dienone is 2. The Morgan fingerprint density at radius 2 is 1.56 bits per heavy atom. The van der Waals surface area contributed by atoms with Crippen molar-refractivity contribution in [3.05, 3.63) is 23.3 Å². The Labute approximate surface area is 108 Å². The Morgan fingerprint density at radius 1 is 1.11 bits per heavy atom. The second-order valence-electron chi connectivity index (χ2n) is 5.69. The minimum atomic E-state index is -0.519. The molecule has 2 N–H and O–H groups in total.